The number of nitrogens with zero attached hydrogens (tertiary/aromatic N) is 1. The zero-order valence-corrected chi connectivity index (χ0v) is 10.4. The molecule has 96 valence electrons. The van der Waals surface area contributed by atoms with E-state index in [1.165, 1.54) is 7.11 Å². The van der Waals surface area contributed by atoms with E-state index in [4.69, 9.17) is 9.84 Å². The van der Waals surface area contributed by atoms with E-state index in [1.54, 1.807) is 24.3 Å². The molecule has 0 atom stereocenters. The van der Waals surface area contributed by atoms with Crippen molar-refractivity contribution in [3.05, 3.63) is 24.3 Å². The Labute approximate surface area is 108 Å². The number of rotatable bonds is 4. The second-order valence-electron chi connectivity index (χ2n) is 3.00. The average Bonchev–Trinajstić information content (AvgIpc) is 2.36. The number of carboxylic acid groups (broad SMARTS) is 1. The number of hydrogen-bond acceptors (Lipinski definition) is 4. The molecular weight excluding hydrogens is 256 g/mol. The molecule has 0 saturated heterocycles. The number of benzene rings is 1. The lowest BCUT2D eigenvalue weighted by Gasteiger charge is -2.11. The number of carbonyl (C=O) groups excluding carboxylic acids is 1. The number of carbonyl (C=O) groups is 2. The maximum absolute atomic E-state index is 10.6. The van der Waals surface area contributed by atoms with Crippen LogP contribution in [-0.4, -0.2) is 35.5 Å². The number of ether oxygens (including phenoxy) is 1. The first-order valence-electron chi connectivity index (χ1n) is 4.95. The van der Waals surface area contributed by atoms with Crippen LogP contribution in [0.3, 0.4) is 0 Å². The van der Waals surface area contributed by atoms with Gasteiger partial charge >= 0.3 is 6.09 Å². The molecule has 0 fully saturated rings. The lowest BCUT2D eigenvalue weighted by Crippen LogP contribution is -2.12. The number of amides is 1. The molecule has 0 spiro atoms. The molecule has 0 bridgehead atoms. The molecule has 0 aliphatic carbocycles. The third-order valence-electron chi connectivity index (χ3n) is 1.83. The number of aliphatic imine (C=N–C) groups is 1. The van der Waals surface area contributed by atoms with Crippen molar-refractivity contribution in [3.8, 4) is 5.75 Å². The van der Waals surface area contributed by atoms with Crippen molar-refractivity contribution in [2.45, 2.75) is 0 Å². The minimum atomic E-state index is -1.33. The normalized spacial score (nSPS) is 10.8. The van der Waals surface area contributed by atoms with E-state index in [0.29, 0.717) is 17.7 Å². The number of nitrogens with one attached hydrogen (secondary N) is 1. The smallest absolute Gasteiger partial charge is 0.433 e. The van der Waals surface area contributed by atoms with Gasteiger partial charge in [0, 0.05) is 0 Å². The zero-order chi connectivity index (χ0) is 13.4. The Bertz CT molecular complexity index is 462. The highest BCUT2D eigenvalue weighted by Crippen LogP contribution is 2.24. The van der Waals surface area contributed by atoms with Crippen LogP contribution in [0, 0.1) is 0 Å². The van der Waals surface area contributed by atoms with Crippen LogP contribution < -0.4 is 10.1 Å². The lowest BCUT2D eigenvalue weighted by molar-refractivity contribution is -0.105. The first-order chi connectivity index (χ1) is 8.67. The Kier molecular flexibility index (Phi) is 5.72. The van der Waals surface area contributed by atoms with E-state index in [9.17, 15) is 9.59 Å². The number of hydrogen-bond donors (Lipinski definition) is 2. The second-order valence-corrected chi connectivity index (χ2v) is 4.01. The number of thioether (sulfide) groups is 1. The summed E-state index contributed by atoms with van der Waals surface area (Å²) in [5.41, 5.74) is 0.582. The fourth-order valence-corrected chi connectivity index (χ4v) is 1.71. The van der Waals surface area contributed by atoms with E-state index < -0.39 is 6.09 Å². The summed E-state index contributed by atoms with van der Waals surface area (Å²) in [5, 5.41) is 11.6. The number of amidine groups is 1. The third-order valence-corrected chi connectivity index (χ3v) is 2.60. The van der Waals surface area contributed by atoms with E-state index in [2.05, 4.69) is 10.3 Å². The Hall–Kier alpha value is -2.02. The summed E-state index contributed by atoms with van der Waals surface area (Å²) in [6.45, 7) is 0. The molecule has 1 rings (SSSR count). The minimum Gasteiger partial charge on any atom is -0.495 e. The standard InChI is InChI=1S/C11H12N2O4S/c1-17-9-5-3-2-4-8(9)12-10(13-11(15)16)18-7-6-14/h2-6H,7H2,1H3,(H,12,13)(H,15,16). The minimum absolute atomic E-state index is 0.119. The number of aldehydes is 1. The van der Waals surface area contributed by atoms with Crippen molar-refractivity contribution in [3.63, 3.8) is 0 Å². The highest BCUT2D eigenvalue weighted by atomic mass is 32.2. The van der Waals surface area contributed by atoms with Gasteiger partial charge in [-0.15, -0.1) is 0 Å². The Morgan fingerprint density at radius 2 is 2.28 bits per heavy atom. The van der Waals surface area contributed by atoms with Crippen LogP contribution in [0.15, 0.2) is 29.3 Å². The van der Waals surface area contributed by atoms with Crippen LogP contribution in [0.5, 0.6) is 5.75 Å². The van der Waals surface area contributed by atoms with Crippen LogP contribution in [0.1, 0.15) is 0 Å². The van der Waals surface area contributed by atoms with Gasteiger partial charge in [0.15, 0.2) is 5.17 Å². The largest absolute Gasteiger partial charge is 0.495 e. The molecule has 0 unspecified atom stereocenters. The predicted molar refractivity (Wildman–Crippen MR) is 70.6 cm³/mol. The third kappa shape index (κ3) is 4.46. The fourth-order valence-electron chi connectivity index (χ4n) is 1.16. The van der Waals surface area contributed by atoms with Crippen LogP contribution in [0.2, 0.25) is 0 Å². The fraction of sp³-hybridized carbons (Fsp3) is 0.182. The summed E-state index contributed by atoms with van der Waals surface area (Å²) >= 11 is 0.998. The summed E-state index contributed by atoms with van der Waals surface area (Å²) in [6.07, 6.45) is -0.655. The number of para-hydroxylation sites is 2. The Balaban J connectivity index is 2.88. The molecule has 7 heteroatoms. The molecule has 0 radical (unpaired) electrons. The highest BCUT2D eigenvalue weighted by molar-refractivity contribution is 8.14. The molecule has 1 amide bonds. The molecule has 0 aromatic heterocycles. The summed E-state index contributed by atoms with van der Waals surface area (Å²) in [4.78, 5) is 24.2. The first-order valence-corrected chi connectivity index (χ1v) is 5.94. The number of anilines is 1. The van der Waals surface area contributed by atoms with Gasteiger partial charge in [0.25, 0.3) is 0 Å². The molecule has 0 aliphatic heterocycles. The molecule has 18 heavy (non-hydrogen) atoms. The molecule has 0 aliphatic rings. The van der Waals surface area contributed by atoms with Crippen molar-refractivity contribution in [1.29, 1.82) is 0 Å². The van der Waals surface area contributed by atoms with E-state index in [-0.39, 0.29) is 10.9 Å². The molecular formula is C11H12N2O4S. The predicted octanol–water partition coefficient (Wildman–Crippen LogP) is 2.07. The maximum Gasteiger partial charge on any atom is 0.433 e. The first kappa shape index (κ1) is 14.0. The molecule has 1 aromatic carbocycles. The lowest BCUT2D eigenvalue weighted by atomic mass is 10.3. The second kappa shape index (κ2) is 7.33. The van der Waals surface area contributed by atoms with Crippen LogP contribution in [0.25, 0.3) is 0 Å². The van der Waals surface area contributed by atoms with Gasteiger partial charge in [-0.1, -0.05) is 23.9 Å². The van der Waals surface area contributed by atoms with Gasteiger partial charge in [-0.25, -0.2) is 4.79 Å². The topological polar surface area (TPSA) is 88.0 Å². The Morgan fingerprint density at radius 3 is 2.89 bits per heavy atom. The van der Waals surface area contributed by atoms with Gasteiger partial charge in [-0.05, 0) is 12.1 Å². The molecule has 6 nitrogen and oxygen atoms in total. The van der Waals surface area contributed by atoms with E-state index in [1.807, 2.05) is 0 Å². The van der Waals surface area contributed by atoms with Crippen molar-refractivity contribution in [1.82, 2.24) is 0 Å². The quantitative estimate of drug-likeness (QED) is 0.494. The van der Waals surface area contributed by atoms with Crippen molar-refractivity contribution >= 4 is 35.0 Å². The zero-order valence-electron chi connectivity index (χ0n) is 9.62. The van der Waals surface area contributed by atoms with Gasteiger partial charge in [0.1, 0.15) is 12.0 Å². The van der Waals surface area contributed by atoms with E-state index >= 15 is 0 Å². The Morgan fingerprint density at radius 1 is 1.56 bits per heavy atom. The summed E-state index contributed by atoms with van der Waals surface area (Å²) in [6, 6.07) is 7.01. The highest BCUT2D eigenvalue weighted by Gasteiger charge is 2.07. The number of methoxy groups -OCH3 is 1. The van der Waals surface area contributed by atoms with Gasteiger partial charge in [0.2, 0.25) is 0 Å². The maximum atomic E-state index is 10.6. The summed E-state index contributed by atoms with van der Waals surface area (Å²) in [7, 11) is 1.51. The van der Waals surface area contributed by atoms with Crippen molar-refractivity contribution in [2.24, 2.45) is 4.99 Å². The molecule has 0 saturated carbocycles. The molecule has 1 aromatic rings. The van der Waals surface area contributed by atoms with Crippen LogP contribution in [-0.2, 0) is 4.79 Å². The van der Waals surface area contributed by atoms with Crippen LogP contribution in [0.4, 0.5) is 10.5 Å². The van der Waals surface area contributed by atoms with Crippen molar-refractivity contribution < 1.29 is 19.4 Å². The molecule has 2 N–H and O–H groups in total. The van der Waals surface area contributed by atoms with E-state index in [0.717, 1.165) is 11.8 Å². The SMILES string of the molecule is COc1ccccc1N/C(=N\C(=O)O)SCC=O. The van der Waals surface area contributed by atoms with Crippen molar-refractivity contribution in [2.75, 3.05) is 18.2 Å². The monoisotopic (exact) mass is 268 g/mol. The van der Waals surface area contributed by atoms with Gasteiger partial charge in [-0.3, -0.25) is 0 Å². The summed E-state index contributed by atoms with van der Waals surface area (Å²) < 4.78 is 5.11. The summed E-state index contributed by atoms with van der Waals surface area (Å²) in [5.74, 6) is 0.677. The van der Waals surface area contributed by atoms with Gasteiger partial charge in [0.05, 0.1) is 18.6 Å². The molecule has 0 heterocycles. The van der Waals surface area contributed by atoms with Gasteiger partial charge < -0.3 is 20.0 Å². The van der Waals surface area contributed by atoms with Crippen LogP contribution >= 0.6 is 11.8 Å². The van der Waals surface area contributed by atoms with Gasteiger partial charge in [-0.2, -0.15) is 4.99 Å². The average molecular weight is 268 g/mol.